The van der Waals surface area contributed by atoms with Gasteiger partial charge in [-0.15, -0.1) is 0 Å². The first kappa shape index (κ1) is 27.9. The largest absolute Gasteiger partial charge is 0.355 e. The number of hydrogen-bond acceptors (Lipinski definition) is 4. The molecule has 196 valence electrons. The molecule has 0 saturated carbocycles. The fourth-order valence-electron chi connectivity index (χ4n) is 4.03. The first-order valence-electron chi connectivity index (χ1n) is 12.0. The maximum atomic E-state index is 14.5. The van der Waals surface area contributed by atoms with Crippen LogP contribution in [-0.4, -0.2) is 44.3 Å². The number of hydrogen-bond donors (Lipinski definition) is 1. The molecule has 0 bridgehead atoms. The third-order valence-corrected chi connectivity index (χ3v) is 7.82. The van der Waals surface area contributed by atoms with E-state index in [-0.39, 0.29) is 17.0 Å². The Kier molecular flexibility index (Phi) is 9.04. The first-order valence-corrected chi connectivity index (χ1v) is 13.5. The second-order valence-electron chi connectivity index (χ2n) is 8.80. The number of aryl methyl sites for hydroxylation is 2. The highest BCUT2D eigenvalue weighted by atomic mass is 32.2. The number of carbonyl (C=O) groups is 2. The zero-order valence-electron chi connectivity index (χ0n) is 21.4. The maximum absolute atomic E-state index is 14.5. The van der Waals surface area contributed by atoms with Crippen LogP contribution in [0.5, 0.6) is 0 Å². The minimum absolute atomic E-state index is 0.0280. The summed E-state index contributed by atoms with van der Waals surface area (Å²) in [6.07, 6.45) is 0. The summed E-state index contributed by atoms with van der Waals surface area (Å²) in [6.45, 7) is 6.53. The average Bonchev–Trinajstić information content (AvgIpc) is 2.87. The number of nitrogens with one attached hydrogen (secondary N) is 1. The Labute approximate surface area is 218 Å². The van der Waals surface area contributed by atoms with Gasteiger partial charge in [0.25, 0.3) is 10.0 Å². The molecule has 1 N–H and O–H groups in total. The molecule has 3 aromatic rings. The van der Waals surface area contributed by atoms with Gasteiger partial charge in [0.05, 0.1) is 10.6 Å². The highest BCUT2D eigenvalue weighted by Gasteiger charge is 2.33. The number of nitrogens with zero attached hydrogens (tertiary/aromatic N) is 2. The van der Waals surface area contributed by atoms with Gasteiger partial charge in [0, 0.05) is 18.7 Å². The van der Waals surface area contributed by atoms with E-state index in [4.69, 9.17) is 0 Å². The molecular weight excluding hydrogens is 493 g/mol. The summed E-state index contributed by atoms with van der Waals surface area (Å²) in [5, 5.41) is 2.68. The molecule has 3 aromatic carbocycles. The SMILES string of the molecule is CCNC(=O)[C@H](C)N(Cc1ccccc1F)C(=O)CN(c1ccc(C)cc1C)S(=O)(=O)c1ccccc1. The number of carbonyl (C=O) groups excluding carboxylic acids is 2. The molecule has 3 rings (SSSR count). The Balaban J connectivity index is 2.07. The van der Waals surface area contributed by atoms with Crippen molar-refractivity contribution >= 4 is 27.5 Å². The van der Waals surface area contributed by atoms with Crippen molar-refractivity contribution in [3.63, 3.8) is 0 Å². The number of rotatable bonds is 10. The van der Waals surface area contributed by atoms with Crippen molar-refractivity contribution in [2.75, 3.05) is 17.4 Å². The van der Waals surface area contributed by atoms with Gasteiger partial charge in [-0.05, 0) is 57.5 Å². The Morgan fingerprint density at radius 3 is 2.24 bits per heavy atom. The van der Waals surface area contributed by atoms with Gasteiger partial charge in [0.15, 0.2) is 0 Å². The Hall–Kier alpha value is -3.72. The van der Waals surface area contributed by atoms with Crippen LogP contribution < -0.4 is 9.62 Å². The summed E-state index contributed by atoms with van der Waals surface area (Å²) >= 11 is 0. The third-order valence-electron chi connectivity index (χ3n) is 6.05. The molecule has 0 fully saturated rings. The van der Waals surface area contributed by atoms with Gasteiger partial charge in [-0.3, -0.25) is 13.9 Å². The number of likely N-dealkylation sites (N-methyl/N-ethyl adjacent to an activating group) is 1. The van der Waals surface area contributed by atoms with Gasteiger partial charge >= 0.3 is 0 Å². The summed E-state index contributed by atoms with van der Waals surface area (Å²) in [5.41, 5.74) is 2.18. The van der Waals surface area contributed by atoms with E-state index in [1.807, 2.05) is 13.0 Å². The van der Waals surface area contributed by atoms with Crippen LogP contribution in [0.2, 0.25) is 0 Å². The first-order chi connectivity index (χ1) is 17.6. The lowest BCUT2D eigenvalue weighted by Crippen LogP contribution is -2.51. The molecule has 0 radical (unpaired) electrons. The van der Waals surface area contributed by atoms with Crippen molar-refractivity contribution in [3.8, 4) is 0 Å². The van der Waals surface area contributed by atoms with Crippen LogP contribution in [0, 0.1) is 19.7 Å². The van der Waals surface area contributed by atoms with Crippen molar-refractivity contribution in [1.82, 2.24) is 10.2 Å². The zero-order chi connectivity index (χ0) is 27.2. The van der Waals surface area contributed by atoms with Crippen LogP contribution in [0.15, 0.2) is 77.7 Å². The van der Waals surface area contributed by atoms with E-state index in [1.54, 1.807) is 50.2 Å². The second kappa shape index (κ2) is 12.0. The number of halogens is 1. The quantitative estimate of drug-likeness (QED) is 0.430. The Morgan fingerprint density at radius 2 is 1.62 bits per heavy atom. The van der Waals surface area contributed by atoms with E-state index < -0.39 is 40.2 Å². The van der Waals surface area contributed by atoms with Crippen molar-refractivity contribution in [2.24, 2.45) is 0 Å². The smallest absolute Gasteiger partial charge is 0.264 e. The molecule has 37 heavy (non-hydrogen) atoms. The van der Waals surface area contributed by atoms with Gasteiger partial charge in [0.2, 0.25) is 11.8 Å². The predicted molar refractivity (Wildman–Crippen MR) is 142 cm³/mol. The highest BCUT2D eigenvalue weighted by Crippen LogP contribution is 2.28. The number of benzene rings is 3. The molecule has 0 unspecified atom stereocenters. The van der Waals surface area contributed by atoms with Crippen molar-refractivity contribution in [1.29, 1.82) is 0 Å². The normalized spacial score (nSPS) is 12.0. The summed E-state index contributed by atoms with van der Waals surface area (Å²) in [7, 11) is -4.14. The maximum Gasteiger partial charge on any atom is 0.264 e. The molecular formula is C28H32FN3O4S. The van der Waals surface area contributed by atoms with Gasteiger partial charge in [0.1, 0.15) is 18.4 Å². The van der Waals surface area contributed by atoms with Crippen molar-refractivity contribution in [3.05, 3.63) is 95.3 Å². The van der Waals surface area contributed by atoms with E-state index in [9.17, 15) is 22.4 Å². The molecule has 0 aliphatic heterocycles. The van der Waals surface area contributed by atoms with E-state index >= 15 is 0 Å². The molecule has 0 saturated heterocycles. The van der Waals surface area contributed by atoms with Crippen molar-refractivity contribution < 1.29 is 22.4 Å². The lowest BCUT2D eigenvalue weighted by atomic mass is 10.1. The fourth-order valence-corrected chi connectivity index (χ4v) is 5.53. The molecule has 9 heteroatoms. The van der Waals surface area contributed by atoms with Gasteiger partial charge in [-0.1, -0.05) is 54.1 Å². The fraction of sp³-hybridized carbons (Fsp3) is 0.286. The number of sulfonamides is 1. The van der Waals surface area contributed by atoms with E-state index in [2.05, 4.69) is 5.32 Å². The summed E-state index contributed by atoms with van der Waals surface area (Å²) < 4.78 is 43.1. The van der Waals surface area contributed by atoms with Gasteiger partial charge in [-0.25, -0.2) is 12.8 Å². The van der Waals surface area contributed by atoms with Crippen molar-refractivity contribution in [2.45, 2.75) is 45.2 Å². The van der Waals surface area contributed by atoms with Crippen LogP contribution in [0.3, 0.4) is 0 Å². The molecule has 2 amide bonds. The highest BCUT2D eigenvalue weighted by molar-refractivity contribution is 7.92. The van der Waals surface area contributed by atoms with E-state index in [0.717, 1.165) is 9.87 Å². The Morgan fingerprint density at radius 1 is 0.973 bits per heavy atom. The molecule has 0 spiro atoms. The molecule has 1 atom stereocenters. The molecule has 0 heterocycles. The van der Waals surface area contributed by atoms with E-state index in [1.165, 1.54) is 42.2 Å². The summed E-state index contributed by atoms with van der Waals surface area (Å²) in [5.74, 6) is -1.58. The van der Waals surface area contributed by atoms with Crippen LogP contribution in [-0.2, 0) is 26.2 Å². The molecule has 0 aliphatic rings. The van der Waals surface area contributed by atoms with Crippen LogP contribution in [0.25, 0.3) is 0 Å². The Bertz CT molecular complexity index is 1360. The number of amides is 2. The molecule has 0 aliphatic carbocycles. The molecule has 7 nitrogen and oxygen atoms in total. The van der Waals surface area contributed by atoms with Crippen LogP contribution in [0.1, 0.15) is 30.5 Å². The third kappa shape index (κ3) is 6.54. The van der Waals surface area contributed by atoms with Crippen LogP contribution in [0.4, 0.5) is 10.1 Å². The molecule has 0 aromatic heterocycles. The topological polar surface area (TPSA) is 86.8 Å². The second-order valence-corrected chi connectivity index (χ2v) is 10.7. The monoisotopic (exact) mass is 525 g/mol. The summed E-state index contributed by atoms with van der Waals surface area (Å²) in [4.78, 5) is 27.7. The zero-order valence-corrected chi connectivity index (χ0v) is 22.3. The van der Waals surface area contributed by atoms with Gasteiger partial charge in [-0.2, -0.15) is 0 Å². The average molecular weight is 526 g/mol. The van der Waals surface area contributed by atoms with E-state index in [0.29, 0.717) is 17.8 Å². The standard InChI is InChI=1S/C28H32FN3O4S/c1-5-30-28(34)22(4)31(18-23-11-9-10-14-25(23)29)27(33)19-32(26-16-15-20(2)17-21(26)3)37(35,36)24-12-7-6-8-13-24/h6-17,22H,5,18-19H2,1-4H3,(H,30,34)/t22-/m0/s1. The van der Waals surface area contributed by atoms with Crippen LogP contribution >= 0.6 is 0 Å². The minimum atomic E-state index is -4.14. The van der Waals surface area contributed by atoms with Gasteiger partial charge < -0.3 is 10.2 Å². The lowest BCUT2D eigenvalue weighted by molar-refractivity contribution is -0.139. The lowest BCUT2D eigenvalue weighted by Gasteiger charge is -2.32. The predicted octanol–water partition coefficient (Wildman–Crippen LogP) is 4.19. The number of anilines is 1. The minimum Gasteiger partial charge on any atom is -0.355 e. The summed E-state index contributed by atoms with van der Waals surface area (Å²) in [6, 6.07) is 18.1.